The van der Waals surface area contributed by atoms with Crippen LogP contribution in [0.4, 0.5) is 13.2 Å². The number of halogens is 3. The lowest BCUT2D eigenvalue weighted by Crippen LogP contribution is -2.30. The van der Waals surface area contributed by atoms with Gasteiger partial charge in [0.05, 0.1) is 18.8 Å². The Labute approximate surface area is 165 Å². The molecule has 0 saturated carbocycles. The molecule has 0 aromatic heterocycles. The van der Waals surface area contributed by atoms with Crippen molar-refractivity contribution in [3.63, 3.8) is 0 Å². The first kappa shape index (κ1) is 22.7. The summed E-state index contributed by atoms with van der Waals surface area (Å²) < 4.78 is 49.0. The molecule has 158 valence electrons. The maximum absolute atomic E-state index is 12.8. The number of esters is 1. The molecule has 2 atom stereocenters. The minimum Gasteiger partial charge on any atom is -0.463 e. The highest BCUT2D eigenvalue weighted by atomic mass is 19.4. The Morgan fingerprint density at radius 3 is 2.61 bits per heavy atom. The lowest BCUT2D eigenvalue weighted by Gasteiger charge is -2.19. The number of benzene rings is 1. The monoisotopic (exact) mass is 400 g/mol. The molecule has 0 bridgehead atoms. The quantitative estimate of drug-likeness (QED) is 0.247. The third kappa shape index (κ3) is 6.80. The smallest absolute Gasteiger partial charge is 0.416 e. The molecule has 3 nitrogen and oxygen atoms in total. The average Bonchev–Trinajstić information content (AvgIpc) is 3.45. The maximum Gasteiger partial charge on any atom is 0.416 e. The van der Waals surface area contributed by atoms with Crippen LogP contribution in [0.25, 0.3) is 0 Å². The number of carbonyl (C=O) groups is 1. The summed E-state index contributed by atoms with van der Waals surface area (Å²) in [5.74, 6) is 0.155. The molecule has 1 aliphatic rings. The summed E-state index contributed by atoms with van der Waals surface area (Å²) in [6, 6.07) is 5.57. The van der Waals surface area contributed by atoms with E-state index in [0.717, 1.165) is 50.2 Å². The van der Waals surface area contributed by atoms with Crippen molar-refractivity contribution in [2.75, 3.05) is 13.2 Å². The molecule has 2 unspecified atom stereocenters. The third-order valence-electron chi connectivity index (χ3n) is 5.33. The Morgan fingerprint density at radius 1 is 1.25 bits per heavy atom. The van der Waals surface area contributed by atoms with E-state index in [4.69, 9.17) is 9.47 Å². The summed E-state index contributed by atoms with van der Waals surface area (Å²) >= 11 is 0. The predicted molar refractivity (Wildman–Crippen MR) is 102 cm³/mol. The lowest BCUT2D eigenvalue weighted by atomic mass is 9.88. The first-order valence-electron chi connectivity index (χ1n) is 10.3. The number of ether oxygens (including phenoxy) is 2. The van der Waals surface area contributed by atoms with Crippen LogP contribution >= 0.6 is 0 Å². The van der Waals surface area contributed by atoms with Crippen LogP contribution in [0.5, 0.6) is 0 Å². The average molecular weight is 400 g/mol. The van der Waals surface area contributed by atoms with Gasteiger partial charge in [0, 0.05) is 0 Å². The highest BCUT2D eigenvalue weighted by molar-refractivity contribution is 5.82. The first-order chi connectivity index (χ1) is 13.3. The van der Waals surface area contributed by atoms with Crippen LogP contribution in [0.2, 0.25) is 0 Å². The molecule has 1 aromatic carbocycles. The Hall–Kier alpha value is -1.56. The fourth-order valence-electron chi connectivity index (χ4n) is 3.49. The highest BCUT2D eigenvalue weighted by Crippen LogP contribution is 2.38. The van der Waals surface area contributed by atoms with Gasteiger partial charge in [-0.3, -0.25) is 0 Å². The molecule has 1 aliphatic heterocycles. The molecule has 1 fully saturated rings. The van der Waals surface area contributed by atoms with E-state index in [1.807, 2.05) is 6.92 Å². The summed E-state index contributed by atoms with van der Waals surface area (Å²) in [7, 11) is 0. The second-order valence-corrected chi connectivity index (χ2v) is 7.69. The van der Waals surface area contributed by atoms with Gasteiger partial charge < -0.3 is 9.47 Å². The van der Waals surface area contributed by atoms with Crippen molar-refractivity contribution in [1.82, 2.24) is 0 Å². The summed E-state index contributed by atoms with van der Waals surface area (Å²) in [5.41, 5.74) is -0.583. The number of carbonyl (C=O) groups excluding carboxylic acids is 1. The molecule has 0 spiro atoms. The zero-order chi connectivity index (χ0) is 20.6. The summed E-state index contributed by atoms with van der Waals surface area (Å²) in [4.78, 5) is 12.1. The third-order valence-corrected chi connectivity index (χ3v) is 5.33. The van der Waals surface area contributed by atoms with Crippen LogP contribution in [0.3, 0.4) is 0 Å². The van der Waals surface area contributed by atoms with E-state index in [-0.39, 0.29) is 5.97 Å². The van der Waals surface area contributed by atoms with Gasteiger partial charge in [-0.25, -0.2) is 4.79 Å². The van der Waals surface area contributed by atoms with Crippen LogP contribution in [-0.4, -0.2) is 24.8 Å². The van der Waals surface area contributed by atoms with Crippen LogP contribution in [-0.2, 0) is 26.9 Å². The van der Waals surface area contributed by atoms with Gasteiger partial charge in [0.1, 0.15) is 0 Å². The van der Waals surface area contributed by atoms with Gasteiger partial charge in [-0.15, -0.1) is 0 Å². The summed E-state index contributed by atoms with van der Waals surface area (Å²) in [6.07, 6.45) is 2.63. The second kappa shape index (κ2) is 10.3. The SMILES string of the molecule is CCCOC(=O)C1(CC(CC)CCCCCc2cccc(C(F)(F)F)c2)CO1. The van der Waals surface area contributed by atoms with Gasteiger partial charge >= 0.3 is 12.1 Å². The zero-order valence-electron chi connectivity index (χ0n) is 16.8. The maximum atomic E-state index is 12.8. The number of aryl methyl sites for hydroxylation is 1. The van der Waals surface area contributed by atoms with E-state index in [2.05, 4.69) is 6.92 Å². The van der Waals surface area contributed by atoms with Crippen LogP contribution in [0.15, 0.2) is 24.3 Å². The molecule has 28 heavy (non-hydrogen) atoms. The molecule has 0 radical (unpaired) electrons. The fourth-order valence-corrected chi connectivity index (χ4v) is 3.49. The molecule has 1 heterocycles. The van der Waals surface area contributed by atoms with E-state index in [1.165, 1.54) is 12.1 Å². The first-order valence-corrected chi connectivity index (χ1v) is 10.3. The van der Waals surface area contributed by atoms with E-state index >= 15 is 0 Å². The van der Waals surface area contributed by atoms with Crippen molar-refractivity contribution < 1.29 is 27.4 Å². The molecule has 1 saturated heterocycles. The normalized spacial score (nSPS) is 20.0. The molecular formula is C22H31F3O3. The largest absolute Gasteiger partial charge is 0.463 e. The molecule has 1 aromatic rings. The molecule has 0 amide bonds. The van der Waals surface area contributed by atoms with Crippen LogP contribution < -0.4 is 0 Å². The van der Waals surface area contributed by atoms with Gasteiger partial charge in [-0.1, -0.05) is 57.7 Å². The standard InChI is InChI=1S/C22H31F3O3/c1-3-13-27-20(26)21(16-28-21)15-17(4-2)9-6-5-7-10-18-11-8-12-19(14-18)22(23,24)25/h8,11-12,14,17H,3-7,9-10,13,15-16H2,1-2H3. The van der Waals surface area contributed by atoms with Crippen molar-refractivity contribution in [3.05, 3.63) is 35.4 Å². The Bertz CT molecular complexity index is 624. The van der Waals surface area contributed by atoms with Gasteiger partial charge in [0.15, 0.2) is 5.60 Å². The van der Waals surface area contributed by atoms with E-state index in [1.54, 1.807) is 6.07 Å². The van der Waals surface area contributed by atoms with E-state index < -0.39 is 17.3 Å². The van der Waals surface area contributed by atoms with Crippen molar-refractivity contribution >= 4 is 5.97 Å². The number of hydrogen-bond donors (Lipinski definition) is 0. The van der Waals surface area contributed by atoms with E-state index in [0.29, 0.717) is 32.0 Å². The van der Waals surface area contributed by atoms with Crippen molar-refractivity contribution in [2.24, 2.45) is 5.92 Å². The van der Waals surface area contributed by atoms with Gasteiger partial charge in [-0.2, -0.15) is 13.2 Å². The van der Waals surface area contributed by atoms with Crippen molar-refractivity contribution in [1.29, 1.82) is 0 Å². The highest BCUT2D eigenvalue weighted by Gasteiger charge is 2.54. The number of hydrogen-bond acceptors (Lipinski definition) is 3. The lowest BCUT2D eigenvalue weighted by molar-refractivity contribution is -0.150. The number of epoxide rings is 1. The Kier molecular flexibility index (Phi) is 8.35. The van der Waals surface area contributed by atoms with Crippen molar-refractivity contribution in [2.45, 2.75) is 77.0 Å². The Morgan fingerprint density at radius 2 is 2.00 bits per heavy atom. The minimum absolute atomic E-state index is 0.239. The van der Waals surface area contributed by atoms with Gasteiger partial charge in [-0.05, 0) is 43.2 Å². The fraction of sp³-hybridized carbons (Fsp3) is 0.682. The topological polar surface area (TPSA) is 38.8 Å². The van der Waals surface area contributed by atoms with E-state index in [9.17, 15) is 18.0 Å². The molecule has 0 N–H and O–H groups in total. The number of rotatable bonds is 12. The zero-order valence-corrected chi connectivity index (χ0v) is 16.8. The number of unbranched alkanes of at least 4 members (excludes halogenated alkanes) is 2. The minimum atomic E-state index is -4.29. The second-order valence-electron chi connectivity index (χ2n) is 7.69. The number of alkyl halides is 3. The predicted octanol–water partition coefficient (Wildman–Crippen LogP) is 5.95. The molecule has 2 rings (SSSR count). The summed E-state index contributed by atoms with van der Waals surface area (Å²) in [5, 5.41) is 0. The van der Waals surface area contributed by atoms with Crippen LogP contribution in [0.1, 0.15) is 69.9 Å². The molecular weight excluding hydrogens is 369 g/mol. The Balaban J connectivity index is 1.70. The van der Waals surface area contributed by atoms with Crippen LogP contribution in [0, 0.1) is 5.92 Å². The van der Waals surface area contributed by atoms with Crippen molar-refractivity contribution in [3.8, 4) is 0 Å². The van der Waals surface area contributed by atoms with Gasteiger partial charge in [0.2, 0.25) is 0 Å². The molecule has 6 heteroatoms. The molecule has 0 aliphatic carbocycles. The van der Waals surface area contributed by atoms with Gasteiger partial charge in [0.25, 0.3) is 0 Å². The summed E-state index contributed by atoms with van der Waals surface area (Å²) in [6.45, 7) is 4.94.